The lowest BCUT2D eigenvalue weighted by atomic mass is 10.00. The molecular formula is C19H37IN4OS. The SMILES string of the molecule is CCNC(=NCCC(=O)N1CCCC(C)C1)N1CCSC(C(C)C)C1.I. The second-order valence-electron chi connectivity index (χ2n) is 7.67. The molecule has 2 fully saturated rings. The Kier molecular flexibility index (Phi) is 11.3. The number of nitrogens with zero attached hydrogens (tertiary/aromatic N) is 3. The molecule has 2 saturated heterocycles. The number of rotatable bonds is 5. The van der Waals surface area contributed by atoms with Crippen LogP contribution in [0.15, 0.2) is 4.99 Å². The van der Waals surface area contributed by atoms with Crippen molar-refractivity contribution in [1.82, 2.24) is 15.1 Å². The second kappa shape index (κ2) is 12.3. The van der Waals surface area contributed by atoms with Gasteiger partial charge in [-0.15, -0.1) is 24.0 Å². The van der Waals surface area contributed by atoms with Crippen molar-refractivity contribution in [3.8, 4) is 0 Å². The third kappa shape index (κ3) is 7.44. The molecule has 2 rings (SSSR count). The van der Waals surface area contributed by atoms with Gasteiger partial charge < -0.3 is 15.1 Å². The molecule has 5 nitrogen and oxygen atoms in total. The predicted molar refractivity (Wildman–Crippen MR) is 124 cm³/mol. The number of hydrogen-bond acceptors (Lipinski definition) is 3. The van der Waals surface area contributed by atoms with Crippen molar-refractivity contribution in [2.45, 2.75) is 52.2 Å². The molecule has 0 saturated carbocycles. The topological polar surface area (TPSA) is 47.9 Å². The monoisotopic (exact) mass is 496 g/mol. The van der Waals surface area contributed by atoms with E-state index in [0.29, 0.717) is 30.1 Å². The lowest BCUT2D eigenvalue weighted by Crippen LogP contribution is -2.49. The maximum absolute atomic E-state index is 12.4. The van der Waals surface area contributed by atoms with Crippen LogP contribution in [0.1, 0.15) is 47.0 Å². The number of hydrogen-bond donors (Lipinski definition) is 1. The summed E-state index contributed by atoms with van der Waals surface area (Å²) < 4.78 is 0. The van der Waals surface area contributed by atoms with Crippen LogP contribution < -0.4 is 5.32 Å². The minimum absolute atomic E-state index is 0. The summed E-state index contributed by atoms with van der Waals surface area (Å²) in [4.78, 5) is 21.6. The van der Waals surface area contributed by atoms with Gasteiger partial charge in [0.1, 0.15) is 0 Å². The van der Waals surface area contributed by atoms with Gasteiger partial charge in [0.2, 0.25) is 5.91 Å². The largest absolute Gasteiger partial charge is 0.357 e. The molecule has 0 spiro atoms. The van der Waals surface area contributed by atoms with Gasteiger partial charge in [0.05, 0.1) is 6.54 Å². The molecule has 2 unspecified atom stereocenters. The predicted octanol–water partition coefficient (Wildman–Crippen LogP) is 3.29. The Morgan fingerprint density at radius 2 is 2.04 bits per heavy atom. The first-order valence-corrected chi connectivity index (χ1v) is 11.0. The van der Waals surface area contributed by atoms with Crippen LogP contribution in [0.5, 0.6) is 0 Å². The highest BCUT2D eigenvalue weighted by Crippen LogP contribution is 2.25. The Morgan fingerprint density at radius 1 is 1.27 bits per heavy atom. The molecule has 152 valence electrons. The Balaban J connectivity index is 0.00000338. The van der Waals surface area contributed by atoms with E-state index in [1.165, 1.54) is 6.42 Å². The number of guanidine groups is 1. The van der Waals surface area contributed by atoms with Crippen LogP contribution in [0.2, 0.25) is 0 Å². The first kappa shape index (κ1) is 23.9. The lowest BCUT2D eigenvalue weighted by molar-refractivity contribution is -0.132. The van der Waals surface area contributed by atoms with E-state index in [4.69, 9.17) is 4.99 Å². The molecular weight excluding hydrogens is 459 g/mol. The van der Waals surface area contributed by atoms with Crippen LogP contribution in [0.3, 0.4) is 0 Å². The molecule has 7 heteroatoms. The fourth-order valence-electron chi connectivity index (χ4n) is 3.53. The first-order chi connectivity index (χ1) is 12.0. The maximum Gasteiger partial charge on any atom is 0.224 e. The molecule has 0 radical (unpaired) electrons. The molecule has 0 aromatic rings. The number of aliphatic imine (C=N–C) groups is 1. The minimum Gasteiger partial charge on any atom is -0.357 e. The van der Waals surface area contributed by atoms with Crippen LogP contribution in [-0.2, 0) is 4.79 Å². The number of carbonyl (C=O) groups excluding carboxylic acids is 1. The van der Waals surface area contributed by atoms with Crippen molar-refractivity contribution >= 4 is 47.6 Å². The molecule has 0 aromatic carbocycles. The Hall–Kier alpha value is -0.180. The lowest BCUT2D eigenvalue weighted by Gasteiger charge is -2.36. The number of nitrogens with one attached hydrogen (secondary N) is 1. The Labute approximate surface area is 181 Å². The van der Waals surface area contributed by atoms with Gasteiger partial charge in [0.25, 0.3) is 0 Å². The molecule has 0 bridgehead atoms. The number of likely N-dealkylation sites (tertiary alicyclic amines) is 1. The average molecular weight is 497 g/mol. The number of amides is 1. The van der Waals surface area contributed by atoms with Gasteiger partial charge in [-0.3, -0.25) is 9.79 Å². The third-order valence-corrected chi connectivity index (χ3v) is 6.61. The van der Waals surface area contributed by atoms with Crippen molar-refractivity contribution in [1.29, 1.82) is 0 Å². The fourth-order valence-corrected chi connectivity index (χ4v) is 4.83. The van der Waals surface area contributed by atoms with Crippen molar-refractivity contribution in [2.24, 2.45) is 16.8 Å². The number of thioether (sulfide) groups is 1. The molecule has 2 aliphatic heterocycles. The van der Waals surface area contributed by atoms with E-state index >= 15 is 0 Å². The zero-order valence-corrected chi connectivity index (χ0v) is 20.0. The van der Waals surface area contributed by atoms with Crippen LogP contribution in [-0.4, -0.2) is 71.9 Å². The van der Waals surface area contributed by atoms with Gasteiger partial charge in [-0.25, -0.2) is 0 Å². The molecule has 0 aromatic heterocycles. The van der Waals surface area contributed by atoms with Crippen LogP contribution in [0.4, 0.5) is 0 Å². The maximum atomic E-state index is 12.4. The first-order valence-electron chi connectivity index (χ1n) is 9.93. The van der Waals surface area contributed by atoms with Crippen molar-refractivity contribution in [3.63, 3.8) is 0 Å². The third-order valence-electron chi connectivity index (χ3n) is 5.07. The molecule has 2 atom stereocenters. The second-order valence-corrected chi connectivity index (χ2v) is 9.02. The van der Waals surface area contributed by atoms with Crippen LogP contribution in [0.25, 0.3) is 0 Å². The van der Waals surface area contributed by atoms with Gasteiger partial charge in [0, 0.05) is 50.1 Å². The van der Waals surface area contributed by atoms with E-state index in [-0.39, 0.29) is 29.9 Å². The zero-order valence-electron chi connectivity index (χ0n) is 16.9. The molecule has 1 N–H and O–H groups in total. The average Bonchev–Trinajstić information content (AvgIpc) is 2.61. The normalized spacial score (nSPS) is 24.4. The van der Waals surface area contributed by atoms with Crippen molar-refractivity contribution in [3.05, 3.63) is 0 Å². The molecule has 26 heavy (non-hydrogen) atoms. The summed E-state index contributed by atoms with van der Waals surface area (Å²) in [6.07, 6.45) is 2.91. The molecule has 2 heterocycles. The minimum atomic E-state index is 0. The highest BCUT2D eigenvalue weighted by molar-refractivity contribution is 14.0. The van der Waals surface area contributed by atoms with Crippen LogP contribution >= 0.6 is 35.7 Å². The van der Waals surface area contributed by atoms with Gasteiger partial charge in [-0.05, 0) is 31.6 Å². The summed E-state index contributed by atoms with van der Waals surface area (Å²) >= 11 is 2.07. The van der Waals surface area contributed by atoms with Gasteiger partial charge in [-0.1, -0.05) is 20.8 Å². The zero-order chi connectivity index (χ0) is 18.2. The summed E-state index contributed by atoms with van der Waals surface area (Å²) in [7, 11) is 0. The van der Waals surface area contributed by atoms with E-state index in [1.807, 2.05) is 4.90 Å². The summed E-state index contributed by atoms with van der Waals surface area (Å²) in [5.74, 6) is 3.71. The number of carbonyl (C=O) groups is 1. The van der Waals surface area contributed by atoms with Crippen molar-refractivity contribution < 1.29 is 4.79 Å². The summed E-state index contributed by atoms with van der Waals surface area (Å²) in [5.41, 5.74) is 0. The Bertz CT molecular complexity index is 461. The highest BCUT2D eigenvalue weighted by Gasteiger charge is 2.25. The standard InChI is InChI=1S/C19H36N4OS.HI/c1-5-20-19(23-11-12-25-17(14-23)15(2)3)21-9-8-18(24)22-10-6-7-16(4)13-22;/h15-17H,5-14H2,1-4H3,(H,20,21);1H. The molecule has 2 aliphatic rings. The van der Waals surface area contributed by atoms with E-state index in [0.717, 1.165) is 50.9 Å². The smallest absolute Gasteiger partial charge is 0.224 e. The number of halogens is 1. The summed E-state index contributed by atoms with van der Waals surface area (Å²) in [6, 6.07) is 0. The van der Waals surface area contributed by atoms with Crippen molar-refractivity contribution in [2.75, 3.05) is 45.0 Å². The molecule has 1 amide bonds. The summed E-state index contributed by atoms with van der Waals surface area (Å²) in [6.45, 7) is 14.3. The van der Waals surface area contributed by atoms with E-state index in [1.54, 1.807) is 0 Å². The highest BCUT2D eigenvalue weighted by atomic mass is 127. The van der Waals surface area contributed by atoms with Gasteiger partial charge in [-0.2, -0.15) is 11.8 Å². The summed E-state index contributed by atoms with van der Waals surface area (Å²) in [5, 5.41) is 4.08. The number of piperidine rings is 1. The fraction of sp³-hybridized carbons (Fsp3) is 0.895. The quantitative estimate of drug-likeness (QED) is 0.361. The van der Waals surface area contributed by atoms with Gasteiger partial charge >= 0.3 is 0 Å². The van der Waals surface area contributed by atoms with Crippen LogP contribution in [0, 0.1) is 11.8 Å². The van der Waals surface area contributed by atoms with Gasteiger partial charge in [0.15, 0.2) is 5.96 Å². The van der Waals surface area contributed by atoms with E-state index in [2.05, 4.69) is 49.7 Å². The molecule has 0 aliphatic carbocycles. The Morgan fingerprint density at radius 3 is 2.69 bits per heavy atom. The van der Waals surface area contributed by atoms with E-state index < -0.39 is 0 Å². The van der Waals surface area contributed by atoms with E-state index in [9.17, 15) is 4.79 Å².